The summed E-state index contributed by atoms with van der Waals surface area (Å²) in [6, 6.07) is 20.2. The summed E-state index contributed by atoms with van der Waals surface area (Å²) in [6.45, 7) is 3.80. The Kier molecular flexibility index (Phi) is 8.15. The number of anilines is 1. The van der Waals surface area contributed by atoms with Gasteiger partial charge in [-0.2, -0.15) is 0 Å². The highest BCUT2D eigenvalue weighted by Gasteiger charge is 2.29. The van der Waals surface area contributed by atoms with Crippen molar-refractivity contribution in [3.63, 3.8) is 0 Å². The van der Waals surface area contributed by atoms with Crippen molar-refractivity contribution in [2.75, 3.05) is 17.5 Å². The Hall–Kier alpha value is -3.82. The zero-order valence-corrected chi connectivity index (χ0v) is 22.0. The lowest BCUT2D eigenvalue weighted by Crippen LogP contribution is -2.41. The molecule has 0 aliphatic rings. The van der Waals surface area contributed by atoms with Gasteiger partial charge in [-0.3, -0.25) is 9.10 Å². The standard InChI is InChI=1S/C27H27ClN4O4S/c1-3-36-26-11-7-6-10-25(26)32(37(34,35)23-14-12-22(28)13-15-23)19-27(33)30-18-21-8-4-5-9-24(21)31-17-16-29-20(31)2/h4-17H,3,18-19H2,1-2H3,(H,30,33). The summed E-state index contributed by atoms with van der Waals surface area (Å²) >= 11 is 5.97. The Morgan fingerprint density at radius 2 is 1.76 bits per heavy atom. The van der Waals surface area contributed by atoms with Gasteiger partial charge in [-0.15, -0.1) is 0 Å². The number of para-hydroxylation sites is 3. The molecule has 192 valence electrons. The molecule has 37 heavy (non-hydrogen) atoms. The van der Waals surface area contributed by atoms with Gasteiger partial charge in [-0.1, -0.05) is 41.9 Å². The van der Waals surface area contributed by atoms with Crippen LogP contribution < -0.4 is 14.4 Å². The summed E-state index contributed by atoms with van der Waals surface area (Å²) in [6.07, 6.45) is 3.56. The lowest BCUT2D eigenvalue weighted by Gasteiger charge is -2.26. The second-order valence-corrected chi connectivity index (χ2v) is 10.4. The van der Waals surface area contributed by atoms with Crippen molar-refractivity contribution in [2.45, 2.75) is 25.3 Å². The molecule has 0 radical (unpaired) electrons. The minimum Gasteiger partial charge on any atom is -0.492 e. The summed E-state index contributed by atoms with van der Waals surface area (Å²) in [4.78, 5) is 17.4. The van der Waals surface area contributed by atoms with Crippen LogP contribution in [0.2, 0.25) is 5.02 Å². The van der Waals surface area contributed by atoms with Gasteiger partial charge >= 0.3 is 0 Å². The van der Waals surface area contributed by atoms with E-state index >= 15 is 0 Å². The average Bonchev–Trinajstić information content (AvgIpc) is 3.32. The Bertz CT molecular complexity index is 1490. The maximum Gasteiger partial charge on any atom is 0.264 e. The molecule has 10 heteroatoms. The molecule has 3 aromatic carbocycles. The van der Waals surface area contributed by atoms with E-state index in [9.17, 15) is 13.2 Å². The zero-order valence-electron chi connectivity index (χ0n) is 20.5. The maximum absolute atomic E-state index is 13.7. The van der Waals surface area contributed by atoms with Gasteiger partial charge < -0.3 is 14.6 Å². The van der Waals surface area contributed by atoms with E-state index in [-0.39, 0.29) is 17.1 Å². The maximum atomic E-state index is 13.7. The monoisotopic (exact) mass is 538 g/mol. The summed E-state index contributed by atoms with van der Waals surface area (Å²) in [7, 11) is -4.12. The second-order valence-electron chi connectivity index (χ2n) is 8.12. The van der Waals surface area contributed by atoms with E-state index in [0.717, 1.165) is 21.4 Å². The van der Waals surface area contributed by atoms with Crippen molar-refractivity contribution in [1.29, 1.82) is 0 Å². The SMILES string of the molecule is CCOc1ccccc1N(CC(=O)NCc1ccccc1-n1ccnc1C)S(=O)(=O)c1ccc(Cl)cc1. The quantitative estimate of drug-likeness (QED) is 0.315. The third kappa shape index (κ3) is 5.95. The topological polar surface area (TPSA) is 93.5 Å². The van der Waals surface area contributed by atoms with Gasteiger partial charge in [-0.05, 0) is 61.9 Å². The highest BCUT2D eigenvalue weighted by Crippen LogP contribution is 2.32. The lowest BCUT2D eigenvalue weighted by molar-refractivity contribution is -0.119. The molecule has 0 aliphatic carbocycles. The first-order valence-electron chi connectivity index (χ1n) is 11.7. The van der Waals surface area contributed by atoms with Crippen LogP contribution in [0.1, 0.15) is 18.3 Å². The third-order valence-corrected chi connectivity index (χ3v) is 7.70. The predicted octanol–water partition coefficient (Wildman–Crippen LogP) is 4.74. The Balaban J connectivity index is 1.62. The van der Waals surface area contributed by atoms with Crippen molar-refractivity contribution in [3.8, 4) is 11.4 Å². The Morgan fingerprint density at radius 1 is 1.05 bits per heavy atom. The molecule has 0 spiro atoms. The van der Waals surface area contributed by atoms with Crippen LogP contribution >= 0.6 is 11.6 Å². The van der Waals surface area contributed by atoms with Crippen molar-refractivity contribution in [1.82, 2.24) is 14.9 Å². The van der Waals surface area contributed by atoms with Crippen molar-refractivity contribution >= 4 is 33.2 Å². The number of imidazole rings is 1. The molecule has 1 amide bonds. The molecule has 0 saturated heterocycles. The summed E-state index contributed by atoms with van der Waals surface area (Å²) in [5.74, 6) is 0.698. The van der Waals surface area contributed by atoms with Crippen LogP contribution in [0.3, 0.4) is 0 Å². The number of halogens is 1. The molecular formula is C27H27ClN4O4S. The van der Waals surface area contributed by atoms with Crippen LogP contribution in [0, 0.1) is 6.92 Å². The van der Waals surface area contributed by atoms with E-state index in [4.69, 9.17) is 16.3 Å². The number of aryl methyl sites for hydroxylation is 1. The number of amides is 1. The van der Waals surface area contributed by atoms with E-state index in [2.05, 4.69) is 10.3 Å². The summed E-state index contributed by atoms with van der Waals surface area (Å²) in [5, 5.41) is 3.27. The van der Waals surface area contributed by atoms with E-state index in [0.29, 0.717) is 17.4 Å². The predicted molar refractivity (Wildman–Crippen MR) is 144 cm³/mol. The summed E-state index contributed by atoms with van der Waals surface area (Å²) < 4.78 is 36.1. The molecule has 4 aromatic rings. The molecular weight excluding hydrogens is 512 g/mol. The second kappa shape index (κ2) is 11.5. The molecule has 0 unspecified atom stereocenters. The van der Waals surface area contributed by atoms with Crippen LogP contribution in [0.4, 0.5) is 5.69 Å². The molecule has 0 atom stereocenters. The molecule has 0 aliphatic heterocycles. The first-order chi connectivity index (χ1) is 17.8. The van der Waals surface area contributed by atoms with Crippen LogP contribution in [0.15, 0.2) is 90.1 Å². The largest absolute Gasteiger partial charge is 0.492 e. The van der Waals surface area contributed by atoms with Gasteiger partial charge in [0, 0.05) is 24.0 Å². The number of hydrogen-bond donors (Lipinski definition) is 1. The molecule has 1 N–H and O–H groups in total. The smallest absolute Gasteiger partial charge is 0.264 e. The number of carbonyl (C=O) groups is 1. The number of sulfonamides is 1. The van der Waals surface area contributed by atoms with E-state index < -0.39 is 22.5 Å². The number of hydrogen-bond acceptors (Lipinski definition) is 5. The molecule has 0 saturated carbocycles. The fourth-order valence-electron chi connectivity index (χ4n) is 3.88. The average molecular weight is 539 g/mol. The fraction of sp³-hybridized carbons (Fsp3) is 0.185. The number of aromatic nitrogens is 2. The van der Waals surface area contributed by atoms with Crippen molar-refractivity contribution in [3.05, 3.63) is 102 Å². The van der Waals surface area contributed by atoms with Crippen molar-refractivity contribution in [2.24, 2.45) is 0 Å². The normalized spacial score (nSPS) is 11.2. The van der Waals surface area contributed by atoms with Gasteiger partial charge in [0.1, 0.15) is 18.1 Å². The first-order valence-corrected chi connectivity index (χ1v) is 13.5. The van der Waals surface area contributed by atoms with Crippen LogP contribution in [0.25, 0.3) is 5.69 Å². The molecule has 1 aromatic heterocycles. The minimum atomic E-state index is -4.12. The highest BCUT2D eigenvalue weighted by molar-refractivity contribution is 7.92. The molecule has 0 bridgehead atoms. The van der Waals surface area contributed by atoms with Gasteiger partial charge in [0.25, 0.3) is 10.0 Å². The first kappa shape index (κ1) is 26.2. The third-order valence-electron chi connectivity index (χ3n) is 5.68. The number of carbonyl (C=O) groups excluding carboxylic acids is 1. The van der Waals surface area contributed by atoms with Crippen molar-refractivity contribution < 1.29 is 17.9 Å². The van der Waals surface area contributed by atoms with Gasteiger partial charge in [-0.25, -0.2) is 13.4 Å². The van der Waals surface area contributed by atoms with E-state index in [1.54, 1.807) is 37.4 Å². The number of ether oxygens (including phenoxy) is 1. The molecule has 4 rings (SSSR count). The minimum absolute atomic E-state index is 0.0110. The molecule has 0 fully saturated rings. The van der Waals surface area contributed by atoms with Gasteiger partial charge in [0.05, 0.1) is 22.9 Å². The fourth-order valence-corrected chi connectivity index (χ4v) is 5.44. The zero-order chi connectivity index (χ0) is 26.4. The number of nitrogens with one attached hydrogen (secondary N) is 1. The number of nitrogens with zero attached hydrogens (tertiary/aromatic N) is 3. The number of benzene rings is 3. The van der Waals surface area contributed by atoms with Crippen LogP contribution in [-0.4, -0.2) is 37.0 Å². The number of rotatable bonds is 10. The van der Waals surface area contributed by atoms with Crippen LogP contribution in [-0.2, 0) is 21.4 Å². The van der Waals surface area contributed by atoms with Gasteiger partial charge in [0.2, 0.25) is 5.91 Å². The molecule has 8 nitrogen and oxygen atoms in total. The molecule has 1 heterocycles. The van der Waals surface area contributed by atoms with E-state index in [1.807, 2.05) is 42.0 Å². The van der Waals surface area contributed by atoms with Crippen LogP contribution in [0.5, 0.6) is 5.75 Å². The Labute approximate surface area is 221 Å². The van der Waals surface area contributed by atoms with E-state index in [1.165, 1.54) is 24.3 Å². The van der Waals surface area contributed by atoms with Gasteiger partial charge in [0.15, 0.2) is 0 Å². The summed E-state index contributed by atoms with van der Waals surface area (Å²) in [5.41, 5.74) is 2.01. The lowest BCUT2D eigenvalue weighted by atomic mass is 10.1. The Morgan fingerprint density at radius 3 is 2.46 bits per heavy atom. The highest BCUT2D eigenvalue weighted by atomic mass is 35.5.